The van der Waals surface area contributed by atoms with Gasteiger partial charge in [0.2, 0.25) is 17.5 Å². The number of ether oxygens (including phenoxy) is 2. The van der Waals surface area contributed by atoms with Crippen LogP contribution in [0.2, 0.25) is 0 Å². The van der Waals surface area contributed by atoms with Gasteiger partial charge in [0.15, 0.2) is 0 Å². The van der Waals surface area contributed by atoms with Crippen LogP contribution in [0.25, 0.3) is 0 Å². The molecular weight excluding hydrogens is 458 g/mol. The zero-order valence-electron chi connectivity index (χ0n) is 22.0. The molecule has 1 N–H and O–H groups in total. The number of hydrogen-bond acceptors (Lipinski definition) is 8. The number of nitrogens with zero attached hydrogens (tertiary/aromatic N) is 4. The van der Waals surface area contributed by atoms with Gasteiger partial charge in [-0.3, -0.25) is 4.90 Å². The number of hydrazone groups is 1. The van der Waals surface area contributed by atoms with Gasteiger partial charge in [-0.25, -0.2) is 5.43 Å². The summed E-state index contributed by atoms with van der Waals surface area (Å²) in [4.78, 5) is 4.72. The summed E-state index contributed by atoms with van der Waals surface area (Å²) < 4.78 is 11.3. The van der Waals surface area contributed by atoms with Gasteiger partial charge in [-0.2, -0.15) is 4.90 Å². The van der Waals surface area contributed by atoms with Gasteiger partial charge in [-0.15, -0.1) is 5.10 Å². The molecule has 9 heteroatoms. The molecule has 0 radical (unpaired) electrons. The van der Waals surface area contributed by atoms with E-state index >= 15 is 0 Å². The average Bonchev–Trinajstić information content (AvgIpc) is 3.33. The van der Waals surface area contributed by atoms with Crippen LogP contribution in [0, 0.1) is 34.1 Å². The van der Waals surface area contributed by atoms with Crippen molar-refractivity contribution in [2.75, 3.05) is 53.0 Å². The molecule has 1 fully saturated rings. The van der Waals surface area contributed by atoms with Crippen LogP contribution in [0.1, 0.15) is 33.6 Å². The van der Waals surface area contributed by atoms with Gasteiger partial charge in [0.1, 0.15) is 0 Å². The van der Waals surface area contributed by atoms with Crippen molar-refractivity contribution < 1.29 is 14.4 Å². The molecule has 9 nitrogen and oxygen atoms in total. The van der Waals surface area contributed by atoms with E-state index in [4.69, 9.17) is 9.47 Å². The van der Waals surface area contributed by atoms with Crippen LogP contribution in [0.15, 0.2) is 52.5 Å². The van der Waals surface area contributed by atoms with Crippen molar-refractivity contribution in [2.45, 2.75) is 33.6 Å². The first-order valence-electron chi connectivity index (χ1n) is 13.1. The summed E-state index contributed by atoms with van der Waals surface area (Å²) in [6.45, 7) is 14.4. The lowest BCUT2D eigenvalue weighted by atomic mass is 9.69. The number of nitrogens with one attached hydrogen (secondary N) is 1. The molecule has 4 aliphatic rings. The number of methoxy groups -OCH3 is 1. The summed E-state index contributed by atoms with van der Waals surface area (Å²) >= 11 is 0. The van der Waals surface area contributed by atoms with Crippen LogP contribution in [0.5, 0.6) is 0 Å². The molecule has 0 amide bonds. The van der Waals surface area contributed by atoms with Gasteiger partial charge in [-0.1, -0.05) is 25.5 Å². The fraction of sp³-hybridized carbons (Fsp3) is 0.630. The van der Waals surface area contributed by atoms with E-state index in [1.54, 1.807) is 19.3 Å². The zero-order chi connectivity index (χ0) is 25.7. The molecule has 0 spiro atoms. The largest absolute Gasteiger partial charge is 0.612 e. The maximum absolute atomic E-state index is 10.9. The van der Waals surface area contributed by atoms with Crippen LogP contribution >= 0.6 is 0 Å². The predicted molar refractivity (Wildman–Crippen MR) is 142 cm³/mol. The van der Waals surface area contributed by atoms with E-state index in [1.165, 1.54) is 17.7 Å². The number of hydrogen-bond donors (Lipinski definition) is 1. The third kappa shape index (κ3) is 6.57. The van der Waals surface area contributed by atoms with Crippen LogP contribution < -0.4 is 5.43 Å². The van der Waals surface area contributed by atoms with Gasteiger partial charge in [0.25, 0.3) is 0 Å². The molecule has 0 bridgehead atoms. The van der Waals surface area contributed by atoms with Crippen molar-refractivity contribution in [1.29, 1.82) is 0 Å². The molecule has 0 aromatic rings. The summed E-state index contributed by atoms with van der Waals surface area (Å²) in [5, 5.41) is 26.2. The third-order valence-electron chi connectivity index (χ3n) is 7.89. The van der Waals surface area contributed by atoms with Gasteiger partial charge >= 0.3 is 0 Å². The molecular formula is C27H40N5O4-. The van der Waals surface area contributed by atoms with E-state index in [9.17, 15) is 10.4 Å². The maximum Gasteiger partial charge on any atom is 0.222 e. The van der Waals surface area contributed by atoms with E-state index in [0.717, 1.165) is 64.3 Å². The van der Waals surface area contributed by atoms with Crippen molar-refractivity contribution in [3.63, 3.8) is 0 Å². The SMILES string of the molecule is COCCN1CCN(C[C@@H]2C=C(C)[C@H](CC3=NNC(=C4C=CC(=[N+]([O-])[O-])C=C4)O3)C[C@H]2C(C)C)CC1. The molecule has 2 aliphatic carbocycles. The lowest BCUT2D eigenvalue weighted by molar-refractivity contribution is -0.377. The van der Waals surface area contributed by atoms with Crippen LogP contribution in [0.4, 0.5) is 0 Å². The van der Waals surface area contributed by atoms with E-state index < -0.39 is 4.90 Å². The smallest absolute Gasteiger partial charge is 0.222 e. The summed E-state index contributed by atoms with van der Waals surface area (Å²) in [6.07, 6.45) is 10.7. The van der Waals surface area contributed by atoms with Crippen LogP contribution in [0.3, 0.4) is 0 Å². The molecule has 2 aliphatic heterocycles. The maximum atomic E-state index is 10.9. The highest BCUT2D eigenvalue weighted by molar-refractivity contribution is 6.02. The molecule has 36 heavy (non-hydrogen) atoms. The molecule has 0 saturated carbocycles. The second kappa shape index (κ2) is 12.1. The van der Waals surface area contributed by atoms with E-state index in [1.807, 2.05) is 0 Å². The van der Waals surface area contributed by atoms with Crippen molar-refractivity contribution >= 4 is 11.6 Å². The number of allylic oxidation sites excluding steroid dienone is 6. The monoisotopic (exact) mass is 498 g/mol. The Morgan fingerprint density at radius 1 is 1.14 bits per heavy atom. The third-order valence-corrected chi connectivity index (χ3v) is 7.89. The summed E-state index contributed by atoms with van der Waals surface area (Å²) in [7, 11) is 1.77. The second-order valence-electron chi connectivity index (χ2n) is 10.6. The fourth-order valence-corrected chi connectivity index (χ4v) is 5.63. The van der Waals surface area contributed by atoms with Crippen molar-refractivity contribution in [3.8, 4) is 0 Å². The molecule has 1 saturated heterocycles. The highest BCUT2D eigenvalue weighted by Crippen LogP contribution is 2.40. The van der Waals surface area contributed by atoms with Gasteiger partial charge < -0.3 is 24.8 Å². The molecule has 0 aromatic carbocycles. The quantitative estimate of drug-likeness (QED) is 0.312. The van der Waals surface area contributed by atoms with Gasteiger partial charge in [0, 0.05) is 70.5 Å². The lowest BCUT2D eigenvalue weighted by Crippen LogP contribution is -2.49. The molecule has 198 valence electrons. The minimum Gasteiger partial charge on any atom is -0.612 e. The summed E-state index contributed by atoms with van der Waals surface area (Å²) in [5.74, 6) is 3.40. The first-order chi connectivity index (χ1) is 17.3. The Hall–Kier alpha value is -2.62. The number of piperazine rings is 1. The highest BCUT2D eigenvalue weighted by atomic mass is 16.8. The van der Waals surface area contributed by atoms with Crippen molar-refractivity contribution in [2.24, 2.45) is 28.8 Å². The Kier molecular flexibility index (Phi) is 8.87. The lowest BCUT2D eigenvalue weighted by Gasteiger charge is -2.41. The zero-order valence-corrected chi connectivity index (χ0v) is 22.0. The standard InChI is InChI=1S/C27H40N5O4/c1-19(2)25-16-22(17-26-28-29-27(36-26)21-5-7-24(8-6-21)32(33)34)20(3)15-23(25)18-31-11-9-30(10-12-31)13-14-35-4/h5-8,15,19,22-23,25,29H,9-14,16-18H2,1-4H3/q-1/t22-,23-,25-/m0/s1. The Morgan fingerprint density at radius 3 is 2.47 bits per heavy atom. The van der Waals surface area contributed by atoms with Crippen LogP contribution in [-0.4, -0.2) is 79.3 Å². The molecule has 3 atom stereocenters. The minimum atomic E-state index is -0.404. The van der Waals surface area contributed by atoms with E-state index in [2.05, 4.69) is 47.2 Å². The predicted octanol–water partition coefficient (Wildman–Crippen LogP) is 3.22. The first kappa shape index (κ1) is 26.4. The number of rotatable bonds is 8. The van der Waals surface area contributed by atoms with Gasteiger partial charge in [-0.05, 0) is 49.2 Å². The first-order valence-corrected chi connectivity index (χ1v) is 13.1. The van der Waals surface area contributed by atoms with Crippen LogP contribution in [-0.2, 0) is 9.47 Å². The minimum absolute atomic E-state index is 0.0590. The summed E-state index contributed by atoms with van der Waals surface area (Å²) in [6, 6.07) is 0. The molecule has 0 aromatic heterocycles. The summed E-state index contributed by atoms with van der Waals surface area (Å²) in [5.41, 5.74) is 5.19. The van der Waals surface area contributed by atoms with E-state index in [0.29, 0.717) is 35.5 Å². The Bertz CT molecular complexity index is 951. The van der Waals surface area contributed by atoms with E-state index in [-0.39, 0.29) is 5.71 Å². The van der Waals surface area contributed by atoms with Crippen molar-refractivity contribution in [1.82, 2.24) is 15.2 Å². The Balaban J connectivity index is 1.34. The Labute approximate surface area is 214 Å². The molecule has 2 heterocycles. The molecule has 0 unspecified atom stereocenters. The normalized spacial score (nSPS) is 27.2. The molecule has 4 rings (SSSR count). The highest BCUT2D eigenvalue weighted by Gasteiger charge is 2.34. The topological polar surface area (TPSA) is 98.5 Å². The Morgan fingerprint density at radius 2 is 1.83 bits per heavy atom. The second-order valence-corrected chi connectivity index (χ2v) is 10.6. The average molecular weight is 499 g/mol. The van der Waals surface area contributed by atoms with Crippen molar-refractivity contribution in [3.05, 3.63) is 57.8 Å². The fourth-order valence-electron chi connectivity index (χ4n) is 5.63. The van der Waals surface area contributed by atoms with Gasteiger partial charge in [0.05, 0.1) is 6.61 Å².